The van der Waals surface area contributed by atoms with Gasteiger partial charge in [0, 0.05) is 17.3 Å². The van der Waals surface area contributed by atoms with Gasteiger partial charge in [-0.25, -0.2) is 4.98 Å². The van der Waals surface area contributed by atoms with Gasteiger partial charge >= 0.3 is 0 Å². The second-order valence-electron chi connectivity index (χ2n) is 7.05. The molecule has 1 fully saturated rings. The lowest BCUT2D eigenvalue weighted by atomic mass is 9.96. The van der Waals surface area contributed by atoms with Crippen molar-refractivity contribution in [2.45, 2.75) is 6.04 Å². The minimum atomic E-state index is -0.0341. The number of carbonyl (C=O) groups excluding carboxylic acids is 1. The lowest BCUT2D eigenvalue weighted by Gasteiger charge is -2.37. The molecule has 0 unspecified atom stereocenters. The Bertz CT molecular complexity index is 885. The Morgan fingerprint density at radius 3 is 2.00 bits per heavy atom. The zero-order chi connectivity index (χ0) is 19.3. The first-order valence-corrected chi connectivity index (χ1v) is 9.96. The lowest BCUT2D eigenvalue weighted by molar-refractivity contribution is -0.929. The van der Waals surface area contributed by atoms with E-state index in [0.29, 0.717) is 18.7 Å². The van der Waals surface area contributed by atoms with E-state index in [1.807, 2.05) is 4.90 Å². The molecule has 0 spiro atoms. The number of nitrogens with one attached hydrogen (secondary N) is 1. The Labute approximate surface area is 170 Å². The zero-order valence-corrected chi connectivity index (χ0v) is 16.3. The third kappa shape index (κ3) is 3.93. The number of benzene rings is 2. The maximum Gasteiger partial charge on any atom is 0.257 e. The lowest BCUT2D eigenvalue weighted by Crippen LogP contribution is -3.15. The van der Waals surface area contributed by atoms with Crippen LogP contribution in [0.2, 0.25) is 5.15 Å². The molecule has 4 nitrogen and oxygen atoms in total. The SMILES string of the molecule is O=C(c1cccnc1Cl)N1CC[NH+](C(c2ccccc2)c2ccccc2)CC1. The minimum Gasteiger partial charge on any atom is -0.327 e. The normalized spacial score (nSPS) is 15.0. The van der Waals surface area contributed by atoms with E-state index < -0.39 is 0 Å². The monoisotopic (exact) mass is 392 g/mol. The number of hydrogen-bond donors (Lipinski definition) is 1. The van der Waals surface area contributed by atoms with Crippen molar-refractivity contribution in [1.82, 2.24) is 9.88 Å². The Morgan fingerprint density at radius 2 is 1.46 bits per heavy atom. The number of quaternary nitrogens is 1. The number of hydrogen-bond acceptors (Lipinski definition) is 2. The second kappa shape index (κ2) is 8.55. The summed E-state index contributed by atoms with van der Waals surface area (Å²) in [6, 6.07) is 25.0. The summed E-state index contributed by atoms with van der Waals surface area (Å²) in [5.41, 5.74) is 3.09. The van der Waals surface area contributed by atoms with Gasteiger partial charge in [-0.2, -0.15) is 0 Å². The van der Waals surface area contributed by atoms with Crippen molar-refractivity contribution < 1.29 is 9.69 Å². The van der Waals surface area contributed by atoms with Crippen LogP contribution in [0.5, 0.6) is 0 Å². The molecule has 5 heteroatoms. The first kappa shape index (κ1) is 18.7. The molecule has 0 bridgehead atoms. The Kier molecular flexibility index (Phi) is 5.70. The molecule has 4 rings (SSSR count). The molecule has 1 N–H and O–H groups in total. The van der Waals surface area contributed by atoms with Crippen LogP contribution in [0.4, 0.5) is 0 Å². The Hall–Kier alpha value is -2.69. The van der Waals surface area contributed by atoms with Crippen LogP contribution < -0.4 is 4.90 Å². The topological polar surface area (TPSA) is 37.6 Å². The Morgan fingerprint density at radius 1 is 0.893 bits per heavy atom. The van der Waals surface area contributed by atoms with E-state index in [9.17, 15) is 4.79 Å². The summed E-state index contributed by atoms with van der Waals surface area (Å²) in [7, 11) is 0. The van der Waals surface area contributed by atoms with Gasteiger partial charge in [-0.3, -0.25) is 4.79 Å². The molecule has 28 heavy (non-hydrogen) atoms. The largest absolute Gasteiger partial charge is 0.327 e. The van der Waals surface area contributed by atoms with Gasteiger partial charge in [0.25, 0.3) is 5.91 Å². The zero-order valence-electron chi connectivity index (χ0n) is 15.6. The molecule has 1 saturated heterocycles. The number of piperazine rings is 1. The number of rotatable bonds is 4. The first-order valence-electron chi connectivity index (χ1n) is 9.58. The molecular formula is C23H23ClN3O+. The molecular weight excluding hydrogens is 370 g/mol. The van der Waals surface area contributed by atoms with Crippen LogP contribution in [-0.2, 0) is 0 Å². The summed E-state index contributed by atoms with van der Waals surface area (Å²) in [6.07, 6.45) is 1.60. The summed E-state index contributed by atoms with van der Waals surface area (Å²) >= 11 is 6.11. The molecule has 1 aromatic heterocycles. The van der Waals surface area contributed by atoms with Crippen molar-refractivity contribution in [2.24, 2.45) is 0 Å². The highest BCUT2D eigenvalue weighted by molar-refractivity contribution is 6.32. The van der Waals surface area contributed by atoms with Gasteiger partial charge < -0.3 is 9.80 Å². The molecule has 0 radical (unpaired) electrons. The average molecular weight is 393 g/mol. The second-order valence-corrected chi connectivity index (χ2v) is 7.40. The highest BCUT2D eigenvalue weighted by atomic mass is 35.5. The third-order valence-corrected chi connectivity index (χ3v) is 5.66. The van der Waals surface area contributed by atoms with Gasteiger partial charge in [0.05, 0.1) is 31.7 Å². The maximum absolute atomic E-state index is 12.8. The average Bonchev–Trinajstić information content (AvgIpc) is 2.76. The smallest absolute Gasteiger partial charge is 0.257 e. The molecule has 0 saturated carbocycles. The fraction of sp³-hybridized carbons (Fsp3) is 0.217. The van der Waals surface area contributed by atoms with Crippen LogP contribution in [-0.4, -0.2) is 42.0 Å². The summed E-state index contributed by atoms with van der Waals surface area (Å²) < 4.78 is 0. The first-order chi connectivity index (χ1) is 13.7. The summed E-state index contributed by atoms with van der Waals surface area (Å²) in [4.78, 5) is 20.2. The molecule has 3 aromatic rings. The molecule has 2 heterocycles. The Balaban J connectivity index is 1.52. The third-order valence-electron chi connectivity index (χ3n) is 5.36. The van der Waals surface area contributed by atoms with Crippen molar-refractivity contribution >= 4 is 17.5 Å². The summed E-state index contributed by atoms with van der Waals surface area (Å²) in [6.45, 7) is 3.18. The number of aromatic nitrogens is 1. The van der Waals surface area contributed by atoms with E-state index in [2.05, 4.69) is 65.6 Å². The van der Waals surface area contributed by atoms with E-state index >= 15 is 0 Å². The number of nitrogens with zero attached hydrogens (tertiary/aromatic N) is 2. The molecule has 0 aliphatic carbocycles. The fourth-order valence-corrected chi connectivity index (χ4v) is 4.16. The van der Waals surface area contributed by atoms with Gasteiger partial charge in [0.15, 0.2) is 0 Å². The van der Waals surface area contributed by atoms with Crippen LogP contribution in [0.1, 0.15) is 27.5 Å². The predicted molar refractivity (Wildman–Crippen MR) is 111 cm³/mol. The highest BCUT2D eigenvalue weighted by Crippen LogP contribution is 2.20. The van der Waals surface area contributed by atoms with Crippen molar-refractivity contribution in [3.8, 4) is 0 Å². The predicted octanol–water partition coefficient (Wildman–Crippen LogP) is 2.87. The number of halogens is 1. The standard InChI is InChI=1S/C23H22ClN3O/c24-22-20(12-7-13-25-22)23(28)27-16-14-26(15-17-27)21(18-8-3-1-4-9-18)19-10-5-2-6-11-19/h1-13,21H,14-17H2/p+1. The summed E-state index contributed by atoms with van der Waals surface area (Å²) in [5, 5.41) is 0.272. The number of carbonyl (C=O) groups is 1. The fourth-order valence-electron chi connectivity index (χ4n) is 3.96. The van der Waals surface area contributed by atoms with Crippen LogP contribution >= 0.6 is 11.6 Å². The number of pyridine rings is 1. The van der Waals surface area contributed by atoms with Gasteiger partial charge in [-0.05, 0) is 12.1 Å². The van der Waals surface area contributed by atoms with E-state index in [0.717, 1.165) is 13.1 Å². The van der Waals surface area contributed by atoms with E-state index in [-0.39, 0.29) is 17.1 Å². The van der Waals surface area contributed by atoms with E-state index in [1.165, 1.54) is 16.0 Å². The van der Waals surface area contributed by atoms with Crippen molar-refractivity contribution in [2.75, 3.05) is 26.2 Å². The molecule has 0 atom stereocenters. The van der Waals surface area contributed by atoms with Crippen molar-refractivity contribution in [3.05, 3.63) is 101 Å². The molecule has 2 aromatic carbocycles. The maximum atomic E-state index is 12.8. The van der Waals surface area contributed by atoms with Gasteiger partial charge in [0.2, 0.25) is 0 Å². The van der Waals surface area contributed by atoms with E-state index in [1.54, 1.807) is 18.3 Å². The van der Waals surface area contributed by atoms with Crippen LogP contribution in [0.15, 0.2) is 79.0 Å². The van der Waals surface area contributed by atoms with E-state index in [4.69, 9.17) is 11.6 Å². The van der Waals surface area contributed by atoms with Crippen molar-refractivity contribution in [3.63, 3.8) is 0 Å². The molecule has 1 aliphatic heterocycles. The van der Waals surface area contributed by atoms with Gasteiger partial charge in [-0.15, -0.1) is 0 Å². The van der Waals surface area contributed by atoms with Crippen molar-refractivity contribution in [1.29, 1.82) is 0 Å². The van der Waals surface area contributed by atoms with Gasteiger partial charge in [-0.1, -0.05) is 72.3 Å². The quantitative estimate of drug-likeness (QED) is 0.693. The minimum absolute atomic E-state index is 0.0341. The molecule has 142 valence electrons. The van der Waals surface area contributed by atoms with Crippen LogP contribution in [0, 0.1) is 0 Å². The highest BCUT2D eigenvalue weighted by Gasteiger charge is 2.32. The van der Waals surface area contributed by atoms with Gasteiger partial charge in [0.1, 0.15) is 11.2 Å². The molecule has 1 aliphatic rings. The summed E-state index contributed by atoms with van der Waals surface area (Å²) in [5.74, 6) is -0.0341. The number of amides is 1. The molecule has 1 amide bonds. The van der Waals surface area contributed by atoms with Crippen LogP contribution in [0.3, 0.4) is 0 Å². The van der Waals surface area contributed by atoms with Crippen LogP contribution in [0.25, 0.3) is 0 Å².